The molecule has 0 amide bonds. The first-order chi connectivity index (χ1) is 17.5. The van der Waals surface area contributed by atoms with Gasteiger partial charge in [0.1, 0.15) is 5.57 Å². The molecule has 7 heteroatoms. The van der Waals surface area contributed by atoms with Crippen molar-refractivity contribution in [1.82, 2.24) is 15.1 Å². The number of hydrogen-bond acceptors (Lipinski definition) is 6. The van der Waals surface area contributed by atoms with Gasteiger partial charge < -0.3 is 19.9 Å². The van der Waals surface area contributed by atoms with Gasteiger partial charge in [-0.3, -0.25) is 9.59 Å². The molecule has 1 saturated heterocycles. The smallest absolute Gasteiger partial charge is 0.246 e. The summed E-state index contributed by atoms with van der Waals surface area (Å²) in [4.78, 5) is 35.7. The van der Waals surface area contributed by atoms with Gasteiger partial charge in [0.25, 0.3) is 0 Å². The lowest BCUT2D eigenvalue weighted by Crippen LogP contribution is -2.73. The normalized spacial score (nSPS) is 21.6. The van der Waals surface area contributed by atoms with Gasteiger partial charge >= 0.3 is 0 Å². The SMILES string of the molecule is Cc1ccc2c(c1)[NH+]=C1C3=C(C(=O)c4ccccc4C3=O)C(NCCCN3CCN(C)CC3)=CC1O2. The summed E-state index contributed by atoms with van der Waals surface area (Å²) < 4.78 is 6.33. The van der Waals surface area contributed by atoms with Gasteiger partial charge in [-0.15, -0.1) is 0 Å². The van der Waals surface area contributed by atoms with Crippen LogP contribution < -0.4 is 15.0 Å². The van der Waals surface area contributed by atoms with E-state index < -0.39 is 6.10 Å². The molecule has 0 radical (unpaired) electrons. The van der Waals surface area contributed by atoms with E-state index in [9.17, 15) is 9.59 Å². The number of benzene rings is 2. The Kier molecular flexibility index (Phi) is 5.82. The van der Waals surface area contributed by atoms with Crippen LogP contribution in [0.2, 0.25) is 0 Å². The minimum Gasteiger partial charge on any atom is -0.468 e. The molecule has 2 aromatic carbocycles. The number of piperazine rings is 1. The van der Waals surface area contributed by atoms with Crippen LogP contribution in [0.1, 0.15) is 32.7 Å². The zero-order valence-corrected chi connectivity index (χ0v) is 20.8. The van der Waals surface area contributed by atoms with Crippen LogP contribution in [0.4, 0.5) is 5.69 Å². The number of nitrogens with one attached hydrogen (secondary N) is 2. The number of hydrogen-bond donors (Lipinski definition) is 2. The Bertz CT molecular complexity index is 1350. The Morgan fingerprint density at radius 2 is 1.72 bits per heavy atom. The summed E-state index contributed by atoms with van der Waals surface area (Å²) in [6.45, 7) is 8.08. The Labute approximate surface area is 211 Å². The van der Waals surface area contributed by atoms with E-state index >= 15 is 0 Å². The summed E-state index contributed by atoms with van der Waals surface area (Å²) in [7, 11) is 2.16. The Balaban J connectivity index is 1.32. The second kappa shape index (κ2) is 9.15. The molecule has 1 unspecified atom stereocenters. The van der Waals surface area contributed by atoms with Gasteiger partial charge in [-0.2, -0.15) is 0 Å². The van der Waals surface area contributed by atoms with Crippen molar-refractivity contribution in [2.75, 3.05) is 46.3 Å². The average Bonchev–Trinajstić information content (AvgIpc) is 2.89. The fourth-order valence-electron chi connectivity index (χ4n) is 5.45. The molecule has 0 aromatic heterocycles. The predicted molar refractivity (Wildman–Crippen MR) is 138 cm³/mol. The number of ketones is 2. The number of ether oxygens (including phenoxy) is 1. The third kappa shape index (κ3) is 3.98. The number of carbonyl (C=O) groups is 2. The molecule has 1 atom stereocenters. The summed E-state index contributed by atoms with van der Waals surface area (Å²) in [5, 5.41) is 3.49. The first-order valence-electron chi connectivity index (χ1n) is 12.7. The number of allylic oxidation sites excluding steroid dienone is 1. The lowest BCUT2D eigenvalue weighted by molar-refractivity contribution is -0.363. The predicted octanol–water partition coefficient (Wildman–Crippen LogP) is 1.41. The highest BCUT2D eigenvalue weighted by molar-refractivity contribution is 6.39. The van der Waals surface area contributed by atoms with E-state index in [0.29, 0.717) is 40.2 Å². The molecule has 0 saturated carbocycles. The first-order valence-corrected chi connectivity index (χ1v) is 12.7. The van der Waals surface area contributed by atoms with E-state index in [0.717, 1.165) is 56.1 Å². The van der Waals surface area contributed by atoms with Crippen LogP contribution in [0.3, 0.4) is 0 Å². The van der Waals surface area contributed by atoms with Crippen LogP contribution in [0, 0.1) is 6.92 Å². The summed E-state index contributed by atoms with van der Waals surface area (Å²) in [6, 6.07) is 13.0. The second-order valence-corrected chi connectivity index (χ2v) is 10.0. The third-order valence-corrected chi connectivity index (χ3v) is 7.48. The van der Waals surface area contributed by atoms with Crippen LogP contribution in [-0.4, -0.2) is 79.5 Å². The zero-order chi connectivity index (χ0) is 24.8. The van der Waals surface area contributed by atoms with Crippen LogP contribution in [0.5, 0.6) is 5.75 Å². The number of likely N-dealkylation sites (N-methyl/N-ethyl adjacent to an activating group) is 1. The molecule has 2 aliphatic heterocycles. The van der Waals surface area contributed by atoms with E-state index in [4.69, 9.17) is 4.74 Å². The van der Waals surface area contributed by atoms with Gasteiger partial charge in [0.15, 0.2) is 11.5 Å². The van der Waals surface area contributed by atoms with Gasteiger partial charge in [-0.1, -0.05) is 30.3 Å². The lowest BCUT2D eigenvalue weighted by atomic mass is 9.76. The molecule has 36 heavy (non-hydrogen) atoms. The van der Waals surface area contributed by atoms with Crippen LogP contribution >= 0.6 is 0 Å². The van der Waals surface area contributed by atoms with Crippen molar-refractivity contribution in [2.45, 2.75) is 19.4 Å². The fourth-order valence-corrected chi connectivity index (χ4v) is 5.45. The van der Waals surface area contributed by atoms with Crippen molar-refractivity contribution >= 4 is 23.0 Å². The largest absolute Gasteiger partial charge is 0.468 e. The molecule has 0 bridgehead atoms. The highest BCUT2D eigenvalue weighted by atomic mass is 16.5. The maximum atomic E-state index is 13.7. The highest BCUT2D eigenvalue weighted by Crippen LogP contribution is 2.36. The zero-order valence-electron chi connectivity index (χ0n) is 20.8. The topological polar surface area (TPSA) is 75.9 Å². The lowest BCUT2D eigenvalue weighted by Gasteiger charge is -2.32. The summed E-state index contributed by atoms with van der Waals surface area (Å²) >= 11 is 0. The second-order valence-electron chi connectivity index (χ2n) is 10.0. The molecule has 4 aliphatic rings. The van der Waals surface area contributed by atoms with Gasteiger partial charge in [0, 0.05) is 55.6 Å². The highest BCUT2D eigenvalue weighted by Gasteiger charge is 2.46. The molecule has 6 rings (SSSR count). The summed E-state index contributed by atoms with van der Waals surface area (Å²) in [5.74, 6) is 0.470. The van der Waals surface area contributed by atoms with Crippen LogP contribution in [0.15, 0.2) is 65.4 Å². The maximum absolute atomic E-state index is 13.7. The number of fused-ring (bicyclic) bond motifs is 4. The minimum atomic E-state index is -0.471. The number of rotatable bonds is 5. The van der Waals surface area contributed by atoms with Gasteiger partial charge in [0.05, 0.1) is 5.57 Å². The van der Waals surface area contributed by atoms with Crippen molar-refractivity contribution in [3.63, 3.8) is 0 Å². The summed E-state index contributed by atoms with van der Waals surface area (Å²) in [5.41, 5.74) is 4.98. The van der Waals surface area contributed by atoms with Crippen molar-refractivity contribution < 1.29 is 19.3 Å². The molecule has 1 fully saturated rings. The molecular formula is C29H31N4O3+. The molecule has 2 aliphatic carbocycles. The number of aryl methyl sites for hydroxylation is 1. The Morgan fingerprint density at radius 3 is 2.47 bits per heavy atom. The van der Waals surface area contributed by atoms with E-state index in [1.807, 2.05) is 37.3 Å². The third-order valence-electron chi connectivity index (χ3n) is 7.48. The molecule has 2 N–H and O–H groups in total. The Hall–Kier alpha value is -3.55. The minimum absolute atomic E-state index is 0.124. The van der Waals surface area contributed by atoms with E-state index in [-0.39, 0.29) is 11.6 Å². The molecule has 2 aromatic rings. The van der Waals surface area contributed by atoms with Crippen LogP contribution in [-0.2, 0) is 0 Å². The molecule has 0 spiro atoms. The van der Waals surface area contributed by atoms with Gasteiger partial charge in [0.2, 0.25) is 23.3 Å². The van der Waals surface area contributed by atoms with Gasteiger partial charge in [-0.05, 0) is 44.6 Å². The van der Waals surface area contributed by atoms with Crippen LogP contribution in [0.25, 0.3) is 0 Å². The van der Waals surface area contributed by atoms with Crippen molar-refractivity contribution in [2.24, 2.45) is 0 Å². The average molecular weight is 484 g/mol. The van der Waals surface area contributed by atoms with Crippen molar-refractivity contribution in [3.05, 3.63) is 82.1 Å². The summed E-state index contributed by atoms with van der Waals surface area (Å²) in [6.07, 6.45) is 2.42. The van der Waals surface area contributed by atoms with Crippen molar-refractivity contribution in [1.29, 1.82) is 0 Å². The van der Waals surface area contributed by atoms with Gasteiger partial charge in [-0.25, -0.2) is 4.99 Å². The maximum Gasteiger partial charge on any atom is 0.246 e. The fraction of sp³-hybridized carbons (Fsp3) is 0.345. The Morgan fingerprint density at radius 1 is 1.00 bits per heavy atom. The monoisotopic (exact) mass is 483 g/mol. The number of carbonyl (C=O) groups excluding carboxylic acids is 2. The van der Waals surface area contributed by atoms with E-state index in [1.165, 1.54) is 0 Å². The van der Waals surface area contributed by atoms with E-state index in [1.54, 1.807) is 18.2 Å². The number of Topliss-reactive ketones (excluding diaryl/α,β-unsaturated/α-hetero) is 2. The molecule has 2 heterocycles. The molecule has 7 nitrogen and oxygen atoms in total. The number of nitrogens with zero attached hydrogens (tertiary/aromatic N) is 2. The van der Waals surface area contributed by atoms with E-state index in [2.05, 4.69) is 27.2 Å². The first kappa shape index (κ1) is 22.9. The quantitative estimate of drug-likeness (QED) is 0.627. The molecular weight excluding hydrogens is 452 g/mol. The van der Waals surface area contributed by atoms with Crippen molar-refractivity contribution in [3.8, 4) is 5.75 Å². The molecule has 184 valence electrons. The standard InChI is InChI=1S/C29H30N4O3/c1-18-8-9-23-21(16-18)31-27-24(36-23)17-22(30-10-5-11-33-14-12-32(2)13-15-33)25-26(27)29(35)20-7-4-3-6-19(20)28(25)34/h3-4,6-9,16-17,24,30H,5,10-15H2,1-2H3/p+1.